The predicted octanol–water partition coefficient (Wildman–Crippen LogP) is 6.32. The quantitative estimate of drug-likeness (QED) is 0.546. The van der Waals surface area contributed by atoms with Gasteiger partial charge in [-0.15, -0.1) is 0 Å². The first-order valence-electron chi connectivity index (χ1n) is 10.7. The molecule has 1 aliphatic heterocycles. The van der Waals surface area contributed by atoms with E-state index >= 15 is 0 Å². The summed E-state index contributed by atoms with van der Waals surface area (Å²) >= 11 is 0. The standard InChI is InChI=1S/C26H25N3O2/c1-17-24(18(2)31-28-17)21-13-14-23-22(15-21)25(20-11-7-4-8-12-20)29(26(30)27-23)16-19-9-5-3-6-10-19/h3,5-7,9-15,25H,4,8,16H2,1-2H3,(H,27,30). The SMILES string of the molecule is Cc1noc(C)c1-c1ccc2c(c1)C(C1=CCCC=C1)N(Cc1ccccc1)C(=O)N2. The molecule has 2 heterocycles. The van der Waals surface area contributed by atoms with Gasteiger partial charge in [-0.2, -0.15) is 0 Å². The van der Waals surface area contributed by atoms with Crippen molar-refractivity contribution >= 4 is 11.7 Å². The van der Waals surface area contributed by atoms with Crippen molar-refractivity contribution in [3.05, 3.63) is 94.9 Å². The zero-order chi connectivity index (χ0) is 21.4. The van der Waals surface area contributed by atoms with Crippen LogP contribution in [0.15, 0.2) is 76.9 Å². The highest BCUT2D eigenvalue weighted by molar-refractivity contribution is 5.94. The second kappa shape index (κ2) is 7.91. The van der Waals surface area contributed by atoms with Crippen molar-refractivity contribution in [2.24, 2.45) is 0 Å². The molecule has 3 aromatic rings. The first-order valence-corrected chi connectivity index (χ1v) is 10.7. The summed E-state index contributed by atoms with van der Waals surface area (Å²) < 4.78 is 5.40. The Hall–Kier alpha value is -3.60. The first kappa shape index (κ1) is 19.4. The normalized spacial score (nSPS) is 17.9. The van der Waals surface area contributed by atoms with Crippen LogP contribution in [0.4, 0.5) is 10.5 Å². The third-order valence-electron chi connectivity index (χ3n) is 6.02. The molecule has 0 saturated heterocycles. The largest absolute Gasteiger partial charge is 0.361 e. The van der Waals surface area contributed by atoms with E-state index in [1.54, 1.807) is 0 Å². The van der Waals surface area contributed by atoms with Crippen LogP contribution in [0.25, 0.3) is 11.1 Å². The van der Waals surface area contributed by atoms with Crippen molar-refractivity contribution in [2.45, 2.75) is 39.3 Å². The number of aromatic nitrogens is 1. The lowest BCUT2D eigenvalue weighted by atomic mass is 9.88. The number of amides is 2. The van der Waals surface area contributed by atoms with Crippen LogP contribution < -0.4 is 5.32 Å². The third kappa shape index (κ3) is 3.56. The number of urea groups is 1. The van der Waals surface area contributed by atoms with Crippen LogP contribution in [-0.2, 0) is 6.54 Å². The molecule has 2 aliphatic rings. The van der Waals surface area contributed by atoms with E-state index in [2.05, 4.69) is 46.9 Å². The Morgan fingerprint density at radius 2 is 1.97 bits per heavy atom. The molecule has 156 valence electrons. The molecule has 2 aromatic carbocycles. The number of rotatable bonds is 4. The summed E-state index contributed by atoms with van der Waals surface area (Å²) in [6.07, 6.45) is 8.64. The van der Waals surface area contributed by atoms with Gasteiger partial charge in [0.1, 0.15) is 5.76 Å². The van der Waals surface area contributed by atoms with Crippen molar-refractivity contribution < 1.29 is 9.32 Å². The maximum Gasteiger partial charge on any atom is 0.322 e. The van der Waals surface area contributed by atoms with Crippen molar-refractivity contribution in [3.8, 4) is 11.1 Å². The molecule has 0 bridgehead atoms. The summed E-state index contributed by atoms with van der Waals surface area (Å²) in [5, 5.41) is 7.22. The smallest absolute Gasteiger partial charge is 0.322 e. The van der Waals surface area contributed by atoms with Crippen molar-refractivity contribution in [1.29, 1.82) is 0 Å². The Bertz CT molecular complexity index is 1170. The van der Waals surface area contributed by atoms with Gasteiger partial charge < -0.3 is 14.7 Å². The monoisotopic (exact) mass is 411 g/mol. The van der Waals surface area contributed by atoms with Gasteiger partial charge in [-0.25, -0.2) is 4.79 Å². The van der Waals surface area contributed by atoms with Gasteiger partial charge in [0.2, 0.25) is 0 Å². The zero-order valence-corrected chi connectivity index (χ0v) is 17.8. The molecule has 0 radical (unpaired) electrons. The summed E-state index contributed by atoms with van der Waals surface area (Å²) in [6, 6.07) is 16.1. The van der Waals surface area contributed by atoms with Crippen LogP contribution >= 0.6 is 0 Å². The Balaban J connectivity index is 1.63. The molecule has 1 aromatic heterocycles. The van der Waals surface area contributed by atoms with Crippen LogP contribution in [0.2, 0.25) is 0 Å². The molecular formula is C26H25N3O2. The van der Waals surface area contributed by atoms with Crippen LogP contribution in [0.3, 0.4) is 0 Å². The number of fused-ring (bicyclic) bond motifs is 1. The summed E-state index contributed by atoms with van der Waals surface area (Å²) in [7, 11) is 0. The number of hydrogen-bond acceptors (Lipinski definition) is 3. The molecule has 0 saturated carbocycles. The van der Waals surface area contributed by atoms with Crippen LogP contribution in [-0.4, -0.2) is 16.1 Å². The van der Waals surface area contributed by atoms with Gasteiger partial charge in [0.15, 0.2) is 0 Å². The van der Waals surface area contributed by atoms with Gasteiger partial charge in [-0.05, 0) is 55.5 Å². The summed E-state index contributed by atoms with van der Waals surface area (Å²) in [4.78, 5) is 15.1. The zero-order valence-electron chi connectivity index (χ0n) is 17.8. The van der Waals surface area contributed by atoms with Crippen molar-refractivity contribution in [3.63, 3.8) is 0 Å². The highest BCUT2D eigenvalue weighted by atomic mass is 16.5. The Kier molecular flexibility index (Phi) is 4.94. The van der Waals surface area contributed by atoms with Gasteiger partial charge in [0, 0.05) is 23.4 Å². The van der Waals surface area contributed by atoms with E-state index in [1.165, 1.54) is 0 Å². The lowest BCUT2D eigenvalue weighted by molar-refractivity contribution is 0.191. The molecule has 1 atom stereocenters. The molecule has 5 nitrogen and oxygen atoms in total. The van der Waals surface area contributed by atoms with Gasteiger partial charge >= 0.3 is 6.03 Å². The van der Waals surface area contributed by atoms with Crippen molar-refractivity contribution in [2.75, 3.05) is 5.32 Å². The van der Waals surface area contributed by atoms with Gasteiger partial charge in [0.05, 0.1) is 11.7 Å². The van der Waals surface area contributed by atoms with Gasteiger partial charge in [0.25, 0.3) is 0 Å². The average Bonchev–Trinajstić information content (AvgIpc) is 3.13. The third-order valence-corrected chi connectivity index (χ3v) is 6.02. The second-order valence-corrected chi connectivity index (χ2v) is 8.13. The molecule has 31 heavy (non-hydrogen) atoms. The molecule has 2 amide bonds. The predicted molar refractivity (Wildman–Crippen MR) is 122 cm³/mol. The molecule has 1 unspecified atom stereocenters. The lowest BCUT2D eigenvalue weighted by Gasteiger charge is -2.39. The van der Waals surface area contributed by atoms with E-state index in [0.717, 1.165) is 57.8 Å². The highest BCUT2D eigenvalue weighted by Crippen LogP contribution is 2.42. The van der Waals surface area contributed by atoms with Gasteiger partial charge in [-0.1, -0.05) is 59.8 Å². The number of nitrogens with one attached hydrogen (secondary N) is 1. The minimum atomic E-state index is -0.152. The Labute approximate surface area is 182 Å². The Morgan fingerprint density at radius 3 is 2.68 bits per heavy atom. The summed E-state index contributed by atoms with van der Waals surface area (Å²) in [5.41, 5.74) is 7.15. The highest BCUT2D eigenvalue weighted by Gasteiger charge is 2.35. The number of benzene rings is 2. The molecule has 1 aliphatic carbocycles. The van der Waals surface area contributed by atoms with E-state index in [0.29, 0.717) is 6.54 Å². The fourth-order valence-electron chi connectivity index (χ4n) is 4.56. The number of carbonyl (C=O) groups is 1. The molecule has 0 fully saturated rings. The molecule has 5 heteroatoms. The number of carbonyl (C=O) groups excluding carboxylic acids is 1. The molecular weight excluding hydrogens is 386 g/mol. The first-order chi connectivity index (χ1) is 15.1. The molecule has 5 rings (SSSR count). The number of allylic oxidation sites excluding steroid dienone is 2. The van der Waals surface area contributed by atoms with E-state index in [4.69, 9.17) is 4.52 Å². The number of aryl methyl sites for hydroxylation is 2. The van der Waals surface area contributed by atoms with Crippen molar-refractivity contribution in [1.82, 2.24) is 10.1 Å². The maximum absolute atomic E-state index is 13.2. The number of hydrogen-bond donors (Lipinski definition) is 1. The maximum atomic E-state index is 13.2. The topological polar surface area (TPSA) is 58.4 Å². The van der Waals surface area contributed by atoms with E-state index in [1.807, 2.05) is 49.1 Å². The molecule has 0 spiro atoms. The molecule has 1 N–H and O–H groups in total. The summed E-state index contributed by atoms with van der Waals surface area (Å²) in [5.74, 6) is 0.798. The number of anilines is 1. The minimum Gasteiger partial charge on any atom is -0.361 e. The Morgan fingerprint density at radius 1 is 1.13 bits per heavy atom. The average molecular weight is 412 g/mol. The van der Waals surface area contributed by atoms with Crippen LogP contribution in [0.1, 0.15) is 41.5 Å². The van der Waals surface area contributed by atoms with Crippen LogP contribution in [0.5, 0.6) is 0 Å². The van der Waals surface area contributed by atoms with Crippen LogP contribution in [0, 0.1) is 13.8 Å². The second-order valence-electron chi connectivity index (χ2n) is 8.13. The lowest BCUT2D eigenvalue weighted by Crippen LogP contribution is -2.42. The van der Waals surface area contributed by atoms with E-state index < -0.39 is 0 Å². The van der Waals surface area contributed by atoms with E-state index in [9.17, 15) is 4.79 Å². The summed E-state index contributed by atoms with van der Waals surface area (Å²) in [6.45, 7) is 4.43. The fraction of sp³-hybridized carbons (Fsp3) is 0.231. The number of nitrogens with zero attached hydrogens (tertiary/aromatic N) is 2. The fourth-order valence-corrected chi connectivity index (χ4v) is 4.56. The van der Waals surface area contributed by atoms with E-state index in [-0.39, 0.29) is 12.1 Å². The minimum absolute atomic E-state index is 0.0775. The van der Waals surface area contributed by atoms with Gasteiger partial charge in [-0.3, -0.25) is 0 Å².